The number of carbonyl (C=O) groups is 6. The molecule has 1 aliphatic carbocycles. The molecule has 4 N–H and O–H groups in total. The summed E-state index contributed by atoms with van der Waals surface area (Å²) < 4.78 is 1.64. The summed E-state index contributed by atoms with van der Waals surface area (Å²) in [4.78, 5) is 80.5. The Hall–Kier alpha value is -4.20. The molecule has 2 unspecified atom stereocenters. The number of thiophene rings is 1. The minimum Gasteiger partial charge on any atom is -0.480 e. The van der Waals surface area contributed by atoms with Gasteiger partial charge in [-0.25, -0.2) is 9.59 Å². The molecule has 2 aromatic heterocycles. The van der Waals surface area contributed by atoms with Crippen molar-refractivity contribution in [3.63, 3.8) is 0 Å². The molecule has 2 saturated heterocycles. The Morgan fingerprint density at radius 3 is 1.77 bits per heavy atom. The topological polar surface area (TPSA) is 178 Å². The summed E-state index contributed by atoms with van der Waals surface area (Å²) in [6.45, 7) is -0.0132. The number of nitrogens with one attached hydrogen (secondary N) is 2. The number of carboxylic acids is 2. The van der Waals surface area contributed by atoms with Gasteiger partial charge in [0.2, 0.25) is 11.8 Å². The molecule has 0 bridgehead atoms. The zero-order valence-corrected chi connectivity index (χ0v) is 24.5. The SMILES string of the molecule is Cn1cccc1C(=O)N[C@H]1C[C@@H](C(=O)O)N(C(=O)C2CCCCC2C(=O)N2C[C@@H](NC(=O)c3cccs3)C[C@H]2C(=O)O)C1. The molecular formula is C29H35N5O8S. The molecule has 13 nitrogen and oxygen atoms in total. The Morgan fingerprint density at radius 2 is 1.33 bits per heavy atom. The van der Waals surface area contributed by atoms with Crippen LogP contribution in [-0.2, 0) is 26.2 Å². The van der Waals surface area contributed by atoms with Crippen molar-refractivity contribution in [1.82, 2.24) is 25.0 Å². The van der Waals surface area contributed by atoms with E-state index in [-0.39, 0.29) is 37.7 Å². The van der Waals surface area contributed by atoms with Crippen LogP contribution >= 0.6 is 11.3 Å². The van der Waals surface area contributed by atoms with Gasteiger partial charge in [-0.3, -0.25) is 19.2 Å². The average molecular weight is 614 g/mol. The van der Waals surface area contributed by atoms with Gasteiger partial charge in [-0.2, -0.15) is 0 Å². The molecule has 2 aliphatic heterocycles. The van der Waals surface area contributed by atoms with Gasteiger partial charge in [-0.15, -0.1) is 11.3 Å². The summed E-state index contributed by atoms with van der Waals surface area (Å²) in [7, 11) is 1.72. The van der Waals surface area contributed by atoms with E-state index in [1.807, 2.05) is 0 Å². The summed E-state index contributed by atoms with van der Waals surface area (Å²) in [5.74, 6) is -5.70. The second-order valence-electron chi connectivity index (χ2n) is 11.5. The molecule has 0 aromatic carbocycles. The third-order valence-corrected chi connectivity index (χ3v) is 9.60. The molecular weight excluding hydrogens is 578 g/mol. The highest BCUT2D eigenvalue weighted by molar-refractivity contribution is 7.12. The van der Waals surface area contributed by atoms with Crippen molar-refractivity contribution in [2.75, 3.05) is 13.1 Å². The maximum absolute atomic E-state index is 13.9. The van der Waals surface area contributed by atoms with E-state index in [2.05, 4.69) is 10.6 Å². The van der Waals surface area contributed by atoms with Crippen molar-refractivity contribution in [2.24, 2.45) is 18.9 Å². The maximum atomic E-state index is 13.9. The molecule has 6 atom stereocenters. The Kier molecular flexibility index (Phi) is 8.85. The molecule has 43 heavy (non-hydrogen) atoms. The summed E-state index contributed by atoms with van der Waals surface area (Å²) >= 11 is 1.25. The number of amides is 4. The quantitative estimate of drug-likeness (QED) is 0.343. The molecule has 4 amide bonds. The van der Waals surface area contributed by atoms with Crippen molar-refractivity contribution in [3.05, 3.63) is 46.4 Å². The normalized spacial score (nSPS) is 27.1. The van der Waals surface area contributed by atoms with Crippen molar-refractivity contribution in [1.29, 1.82) is 0 Å². The predicted molar refractivity (Wildman–Crippen MR) is 153 cm³/mol. The van der Waals surface area contributed by atoms with Gasteiger partial charge in [-0.1, -0.05) is 18.9 Å². The van der Waals surface area contributed by atoms with Crippen LogP contribution in [0.25, 0.3) is 0 Å². The van der Waals surface area contributed by atoms with Crippen LogP contribution in [0.3, 0.4) is 0 Å². The van der Waals surface area contributed by atoms with E-state index in [4.69, 9.17) is 0 Å². The summed E-state index contributed by atoms with van der Waals surface area (Å²) in [5.41, 5.74) is 0.401. The maximum Gasteiger partial charge on any atom is 0.326 e. The monoisotopic (exact) mass is 613 g/mol. The summed E-state index contributed by atoms with van der Waals surface area (Å²) in [6, 6.07) is 3.27. The van der Waals surface area contributed by atoms with Crippen LogP contribution in [-0.4, -0.2) is 97.4 Å². The lowest BCUT2D eigenvalue weighted by Crippen LogP contribution is -2.51. The molecule has 0 radical (unpaired) electrons. The Bertz CT molecular complexity index is 1410. The largest absolute Gasteiger partial charge is 0.480 e. The van der Waals surface area contributed by atoms with Crippen molar-refractivity contribution in [2.45, 2.75) is 62.7 Å². The third kappa shape index (κ3) is 6.28. The van der Waals surface area contributed by atoms with Gasteiger partial charge < -0.3 is 35.2 Å². The van der Waals surface area contributed by atoms with E-state index < -0.39 is 59.8 Å². The average Bonchev–Trinajstić information content (AvgIpc) is 3.79. The highest BCUT2D eigenvalue weighted by Gasteiger charge is 2.49. The first kappa shape index (κ1) is 30.3. The minimum atomic E-state index is -1.20. The predicted octanol–water partition coefficient (Wildman–Crippen LogP) is 1.16. The van der Waals surface area contributed by atoms with Crippen molar-refractivity contribution in [3.8, 4) is 0 Å². The van der Waals surface area contributed by atoms with Gasteiger partial charge in [0.25, 0.3) is 11.8 Å². The van der Waals surface area contributed by atoms with E-state index in [1.54, 1.807) is 47.5 Å². The van der Waals surface area contributed by atoms with E-state index in [0.29, 0.717) is 36.3 Å². The molecule has 5 rings (SSSR count). The van der Waals surface area contributed by atoms with Crippen LogP contribution in [0.4, 0.5) is 0 Å². The van der Waals surface area contributed by atoms with Crippen LogP contribution in [0.15, 0.2) is 35.8 Å². The molecule has 4 heterocycles. The summed E-state index contributed by atoms with van der Waals surface area (Å²) in [6.07, 6.45) is 3.85. The second-order valence-corrected chi connectivity index (χ2v) is 12.4. The first-order chi connectivity index (χ1) is 20.5. The first-order valence-corrected chi connectivity index (χ1v) is 15.3. The van der Waals surface area contributed by atoms with E-state index >= 15 is 0 Å². The zero-order chi connectivity index (χ0) is 30.8. The number of carboxylic acid groups (broad SMARTS) is 2. The fraction of sp³-hybridized carbons (Fsp3) is 0.517. The molecule has 230 valence electrons. The number of aromatic nitrogens is 1. The lowest BCUT2D eigenvalue weighted by atomic mass is 9.77. The molecule has 2 aromatic rings. The molecule has 14 heteroatoms. The third-order valence-electron chi connectivity index (χ3n) is 8.73. The van der Waals surface area contributed by atoms with Crippen molar-refractivity contribution >= 4 is 46.9 Å². The summed E-state index contributed by atoms with van der Waals surface area (Å²) in [5, 5.41) is 27.3. The highest BCUT2D eigenvalue weighted by Crippen LogP contribution is 2.36. The smallest absolute Gasteiger partial charge is 0.326 e. The van der Waals surface area contributed by atoms with E-state index in [1.165, 1.54) is 21.1 Å². The fourth-order valence-corrected chi connectivity index (χ4v) is 7.23. The number of nitrogens with zero attached hydrogens (tertiary/aromatic N) is 3. The van der Waals surface area contributed by atoms with Gasteiger partial charge in [0.15, 0.2) is 0 Å². The number of carbonyl (C=O) groups excluding carboxylic acids is 4. The number of hydrogen-bond acceptors (Lipinski definition) is 7. The van der Waals surface area contributed by atoms with E-state index in [0.717, 1.165) is 0 Å². The van der Waals surface area contributed by atoms with Crippen LogP contribution in [0.1, 0.15) is 58.7 Å². The van der Waals surface area contributed by atoms with Gasteiger partial charge in [0, 0.05) is 63.1 Å². The Morgan fingerprint density at radius 1 is 0.791 bits per heavy atom. The van der Waals surface area contributed by atoms with Gasteiger partial charge >= 0.3 is 11.9 Å². The van der Waals surface area contributed by atoms with Gasteiger partial charge in [0.1, 0.15) is 17.8 Å². The lowest BCUT2D eigenvalue weighted by molar-refractivity contribution is -0.156. The van der Waals surface area contributed by atoms with Crippen LogP contribution in [0, 0.1) is 11.8 Å². The number of aliphatic carboxylic acids is 2. The molecule has 1 saturated carbocycles. The molecule has 3 aliphatic rings. The number of rotatable bonds is 8. The highest BCUT2D eigenvalue weighted by atomic mass is 32.1. The van der Waals surface area contributed by atoms with Gasteiger partial charge in [0.05, 0.1) is 4.88 Å². The zero-order valence-electron chi connectivity index (χ0n) is 23.7. The van der Waals surface area contributed by atoms with Crippen LogP contribution < -0.4 is 10.6 Å². The lowest BCUT2D eigenvalue weighted by Gasteiger charge is -2.36. The van der Waals surface area contributed by atoms with Gasteiger partial charge in [-0.05, 0) is 36.4 Å². The first-order valence-electron chi connectivity index (χ1n) is 14.4. The minimum absolute atomic E-state index is 0.000941. The standard InChI is InChI=1S/C29H35N5O8S/c1-32-10-4-8-20(32)24(35)30-16-12-21(28(39)40)33(14-16)26(37)18-6-2-3-7-19(18)27(38)34-15-17(13-22(34)29(41)42)31-25(36)23-9-5-11-43-23/h4-5,8-11,16-19,21-22H,2-3,6-7,12-15H2,1H3,(H,30,35)(H,31,36)(H,39,40)(H,41,42)/t16-,17-,18?,19?,21-,22-/m0/s1. The van der Waals surface area contributed by atoms with Crippen LogP contribution in [0.5, 0.6) is 0 Å². The number of hydrogen-bond donors (Lipinski definition) is 4. The Balaban J connectivity index is 1.30. The number of likely N-dealkylation sites (tertiary alicyclic amines) is 2. The fourth-order valence-electron chi connectivity index (χ4n) is 6.61. The van der Waals surface area contributed by atoms with E-state index in [9.17, 15) is 39.0 Å². The number of aryl methyl sites for hydroxylation is 1. The van der Waals surface area contributed by atoms with Crippen LogP contribution in [0.2, 0.25) is 0 Å². The van der Waals surface area contributed by atoms with Crippen molar-refractivity contribution < 1.29 is 39.0 Å². The second kappa shape index (κ2) is 12.6. The molecule has 0 spiro atoms. The molecule has 3 fully saturated rings. The Labute approximate surface area is 251 Å².